The van der Waals surface area contributed by atoms with Crippen LogP contribution >= 0.6 is 0 Å². The smallest absolute Gasteiger partial charge is 0.279 e. The molecule has 0 spiro atoms. The molecule has 2 saturated heterocycles. The van der Waals surface area contributed by atoms with Crippen molar-refractivity contribution in [2.75, 3.05) is 26.3 Å². The Balaban J connectivity index is 1.26. The van der Waals surface area contributed by atoms with E-state index >= 15 is 0 Å². The van der Waals surface area contributed by atoms with Crippen molar-refractivity contribution in [2.45, 2.75) is 56.9 Å². The third-order valence-electron chi connectivity index (χ3n) is 8.83. The Kier molecular flexibility index (Phi) is 5.78. The maximum absolute atomic E-state index is 13.9. The lowest BCUT2D eigenvalue weighted by molar-refractivity contribution is -0.0611. The fraction of sp³-hybridized carbons (Fsp3) is 0.500. The average molecular weight is 513 g/mol. The summed E-state index contributed by atoms with van der Waals surface area (Å²) in [6, 6.07) is 10.7. The molecule has 8 nitrogen and oxygen atoms in total. The lowest BCUT2D eigenvalue weighted by atomic mass is 9.75. The molecule has 3 aliphatic rings. The SMILES string of the molecule is C[C@H]1CCCN(Cc2cc3c(C4CC4)cn(-c4cccc(C5(Cc6nncn6C)COC5)c4)c(=O)c3[nH]2)C1. The zero-order valence-electron chi connectivity index (χ0n) is 22.3. The summed E-state index contributed by atoms with van der Waals surface area (Å²) in [6.07, 6.45) is 9.54. The minimum absolute atomic E-state index is 0.0204. The Labute approximate surface area is 222 Å². The van der Waals surface area contributed by atoms with Crippen molar-refractivity contribution in [3.63, 3.8) is 0 Å². The number of fused-ring (bicyclic) bond motifs is 1. The van der Waals surface area contributed by atoms with Gasteiger partial charge in [0, 0.05) is 54.9 Å². The van der Waals surface area contributed by atoms with E-state index in [-0.39, 0.29) is 11.0 Å². The van der Waals surface area contributed by atoms with Crippen molar-refractivity contribution >= 4 is 10.9 Å². The number of H-pyrrole nitrogens is 1. The maximum Gasteiger partial charge on any atom is 0.279 e. The van der Waals surface area contributed by atoms with E-state index in [0.29, 0.717) is 19.1 Å². The Bertz CT molecular complexity index is 1540. The molecule has 198 valence electrons. The largest absolute Gasteiger partial charge is 0.379 e. The van der Waals surface area contributed by atoms with Crippen LogP contribution < -0.4 is 5.56 Å². The molecule has 1 aromatic carbocycles. The Morgan fingerprint density at radius 1 is 1.18 bits per heavy atom. The summed E-state index contributed by atoms with van der Waals surface area (Å²) >= 11 is 0. The predicted molar refractivity (Wildman–Crippen MR) is 147 cm³/mol. The third-order valence-corrected chi connectivity index (χ3v) is 8.83. The first-order valence-electron chi connectivity index (χ1n) is 14.0. The van der Waals surface area contributed by atoms with Gasteiger partial charge in [0.05, 0.1) is 13.2 Å². The molecule has 3 fully saturated rings. The van der Waals surface area contributed by atoms with Gasteiger partial charge >= 0.3 is 0 Å². The summed E-state index contributed by atoms with van der Waals surface area (Å²) in [7, 11) is 1.98. The van der Waals surface area contributed by atoms with Crippen molar-refractivity contribution in [1.29, 1.82) is 0 Å². The van der Waals surface area contributed by atoms with E-state index in [2.05, 4.69) is 57.5 Å². The van der Waals surface area contributed by atoms with Crippen LogP contribution in [0.3, 0.4) is 0 Å². The molecule has 0 bridgehead atoms. The van der Waals surface area contributed by atoms with Crippen molar-refractivity contribution in [2.24, 2.45) is 13.0 Å². The lowest BCUT2D eigenvalue weighted by Gasteiger charge is -2.41. The van der Waals surface area contributed by atoms with E-state index < -0.39 is 0 Å². The Hall–Kier alpha value is -3.23. The molecule has 1 atom stereocenters. The number of piperidine rings is 1. The number of rotatable bonds is 7. The summed E-state index contributed by atoms with van der Waals surface area (Å²) in [5, 5.41) is 9.48. The van der Waals surface area contributed by atoms with Crippen molar-refractivity contribution in [1.82, 2.24) is 29.2 Å². The van der Waals surface area contributed by atoms with Gasteiger partial charge in [0.1, 0.15) is 17.7 Å². The maximum atomic E-state index is 13.9. The third kappa shape index (κ3) is 4.20. The number of nitrogens with zero attached hydrogens (tertiary/aromatic N) is 5. The molecule has 0 amide bonds. The number of hydrogen-bond acceptors (Lipinski definition) is 5. The second-order valence-corrected chi connectivity index (χ2v) is 12.0. The molecular formula is C30H36N6O2. The quantitative estimate of drug-likeness (QED) is 0.404. The van der Waals surface area contributed by atoms with Gasteiger partial charge in [-0.1, -0.05) is 19.1 Å². The standard InChI is InChI=1S/C30H36N6O2/c1-20-5-4-10-35(14-20)15-23-12-25-26(21-8-9-21)16-36(29(37)28(25)32-23)24-7-3-6-22(11-24)30(17-38-18-30)13-27-33-31-19-34(27)2/h3,6-7,11-12,16,19-21,32H,4-5,8-10,13-15,17-18H2,1-2H3/t20-/m0/s1. The number of likely N-dealkylation sites (tertiary alicyclic amines) is 1. The van der Waals surface area contributed by atoms with Crippen molar-refractivity contribution in [3.8, 4) is 5.69 Å². The van der Waals surface area contributed by atoms with Crippen LogP contribution in [0.2, 0.25) is 0 Å². The number of aromatic nitrogens is 5. The van der Waals surface area contributed by atoms with Crippen molar-refractivity contribution in [3.05, 3.63) is 75.9 Å². The molecule has 0 unspecified atom stereocenters. The molecule has 1 saturated carbocycles. The second kappa shape index (κ2) is 9.20. The highest BCUT2D eigenvalue weighted by molar-refractivity contribution is 5.84. The van der Waals surface area contributed by atoms with Gasteiger partial charge in [-0.25, -0.2) is 0 Å². The van der Waals surface area contributed by atoms with E-state index in [9.17, 15) is 4.79 Å². The van der Waals surface area contributed by atoms with E-state index in [1.165, 1.54) is 36.8 Å². The highest BCUT2D eigenvalue weighted by Crippen LogP contribution is 2.43. The number of benzene rings is 1. The number of nitrogens with one attached hydrogen (secondary N) is 1. The summed E-state index contributed by atoms with van der Waals surface area (Å²) in [5.74, 6) is 2.21. The fourth-order valence-electron chi connectivity index (χ4n) is 6.44. The monoisotopic (exact) mass is 512 g/mol. The van der Waals surface area contributed by atoms with E-state index in [1.54, 1.807) is 6.33 Å². The first-order chi connectivity index (χ1) is 18.5. The van der Waals surface area contributed by atoms with E-state index in [0.717, 1.165) is 60.1 Å². The Morgan fingerprint density at radius 3 is 2.76 bits per heavy atom. The minimum atomic E-state index is -0.158. The first-order valence-corrected chi connectivity index (χ1v) is 14.0. The van der Waals surface area contributed by atoms with Gasteiger partial charge in [0.2, 0.25) is 0 Å². The zero-order valence-corrected chi connectivity index (χ0v) is 22.3. The van der Waals surface area contributed by atoms with Crippen LogP contribution in [0.15, 0.2) is 47.7 Å². The summed E-state index contributed by atoms with van der Waals surface area (Å²) in [4.78, 5) is 20.0. The highest BCUT2D eigenvalue weighted by Gasteiger charge is 2.42. The van der Waals surface area contributed by atoms with Crippen LogP contribution in [0.5, 0.6) is 0 Å². The van der Waals surface area contributed by atoms with Gasteiger partial charge in [0.15, 0.2) is 0 Å². The Morgan fingerprint density at radius 2 is 2.05 bits per heavy atom. The van der Waals surface area contributed by atoms with Crippen LogP contribution in [0, 0.1) is 5.92 Å². The van der Waals surface area contributed by atoms with Gasteiger partial charge in [-0.15, -0.1) is 10.2 Å². The van der Waals surface area contributed by atoms with E-state index in [4.69, 9.17) is 4.74 Å². The average Bonchev–Trinajstić information content (AvgIpc) is 3.52. The van der Waals surface area contributed by atoms with Crippen molar-refractivity contribution < 1.29 is 4.74 Å². The second-order valence-electron chi connectivity index (χ2n) is 12.0. The number of hydrogen-bond donors (Lipinski definition) is 1. The molecule has 1 N–H and O–H groups in total. The minimum Gasteiger partial charge on any atom is -0.379 e. The summed E-state index contributed by atoms with van der Waals surface area (Å²) in [6.45, 7) is 6.75. The van der Waals surface area contributed by atoms with Crippen LogP contribution in [0.25, 0.3) is 16.6 Å². The van der Waals surface area contributed by atoms with Crippen LogP contribution in [0.4, 0.5) is 0 Å². The van der Waals surface area contributed by atoms with Gasteiger partial charge in [-0.2, -0.15) is 0 Å². The molecule has 2 aliphatic heterocycles. The zero-order chi connectivity index (χ0) is 25.9. The normalized spacial score (nSPS) is 21.6. The molecular weight excluding hydrogens is 476 g/mol. The first kappa shape index (κ1) is 23.9. The molecule has 4 aromatic rings. The number of ether oxygens (including phenoxy) is 1. The molecule has 3 aromatic heterocycles. The topological polar surface area (TPSA) is 81.0 Å². The number of pyridine rings is 1. The summed E-state index contributed by atoms with van der Waals surface area (Å²) in [5.41, 5.74) is 5.12. The number of aromatic amines is 1. The van der Waals surface area contributed by atoms with Gasteiger partial charge in [-0.05, 0) is 73.4 Å². The van der Waals surface area contributed by atoms with Gasteiger partial charge in [0.25, 0.3) is 5.56 Å². The molecule has 7 rings (SSSR count). The molecule has 0 radical (unpaired) electrons. The molecule has 8 heteroatoms. The van der Waals surface area contributed by atoms with Crippen LogP contribution in [-0.4, -0.2) is 55.5 Å². The fourth-order valence-corrected chi connectivity index (χ4v) is 6.44. The van der Waals surface area contributed by atoms with E-state index in [1.807, 2.05) is 22.2 Å². The molecule has 5 heterocycles. The molecule has 38 heavy (non-hydrogen) atoms. The lowest BCUT2D eigenvalue weighted by Crippen LogP contribution is -2.49. The molecule has 1 aliphatic carbocycles. The highest BCUT2D eigenvalue weighted by atomic mass is 16.5. The van der Waals surface area contributed by atoms with Gasteiger partial charge < -0.3 is 14.3 Å². The summed E-state index contributed by atoms with van der Waals surface area (Å²) < 4.78 is 9.53. The van der Waals surface area contributed by atoms with Crippen LogP contribution in [0.1, 0.15) is 61.2 Å². The number of aryl methyl sites for hydroxylation is 1. The van der Waals surface area contributed by atoms with Crippen LogP contribution in [-0.2, 0) is 30.2 Å². The van der Waals surface area contributed by atoms with Gasteiger partial charge in [-0.3, -0.25) is 14.3 Å². The predicted octanol–water partition coefficient (Wildman–Crippen LogP) is 4.07.